The van der Waals surface area contributed by atoms with E-state index in [-0.39, 0.29) is 0 Å². The number of hydrogen-bond acceptors (Lipinski definition) is 2. The summed E-state index contributed by atoms with van der Waals surface area (Å²) in [5.41, 5.74) is 0.392. The lowest BCUT2D eigenvalue weighted by Gasteiger charge is -2.43. The standard InChI is InChI=1S/C15H21NS/c1-3-9-15(10-4-1,14-8-6-12-17-14)13-7-2-5-11-16-13/h2,6-8,12-13,16H,1,3-5,9-11H2. The summed E-state index contributed by atoms with van der Waals surface area (Å²) in [6, 6.07) is 5.12. The normalized spacial score (nSPS) is 28.1. The topological polar surface area (TPSA) is 12.0 Å². The van der Waals surface area contributed by atoms with Crippen molar-refractivity contribution >= 4 is 11.3 Å². The quantitative estimate of drug-likeness (QED) is 0.782. The van der Waals surface area contributed by atoms with E-state index in [9.17, 15) is 0 Å². The summed E-state index contributed by atoms with van der Waals surface area (Å²) in [4.78, 5) is 1.60. The summed E-state index contributed by atoms with van der Waals surface area (Å²) in [6.45, 7) is 1.15. The second kappa shape index (κ2) is 4.95. The third-order valence-corrected chi connectivity index (χ3v) is 5.45. The minimum Gasteiger partial charge on any atom is -0.309 e. The van der Waals surface area contributed by atoms with E-state index >= 15 is 0 Å². The molecule has 17 heavy (non-hydrogen) atoms. The van der Waals surface area contributed by atoms with Gasteiger partial charge in [0.05, 0.1) is 0 Å². The van der Waals surface area contributed by atoms with Crippen molar-refractivity contribution in [1.29, 1.82) is 0 Å². The van der Waals surface area contributed by atoms with Crippen molar-refractivity contribution in [3.8, 4) is 0 Å². The van der Waals surface area contributed by atoms with Gasteiger partial charge in [-0.2, -0.15) is 0 Å². The third kappa shape index (κ3) is 2.09. The molecule has 0 aromatic carbocycles. The van der Waals surface area contributed by atoms with Crippen LogP contribution in [0.3, 0.4) is 0 Å². The maximum Gasteiger partial charge on any atom is 0.0355 e. The summed E-state index contributed by atoms with van der Waals surface area (Å²) >= 11 is 1.95. The van der Waals surface area contributed by atoms with E-state index in [1.807, 2.05) is 11.3 Å². The second-order valence-corrected chi connectivity index (χ2v) is 6.29. The van der Waals surface area contributed by atoms with Crippen molar-refractivity contribution in [2.75, 3.05) is 6.54 Å². The van der Waals surface area contributed by atoms with Crippen molar-refractivity contribution in [1.82, 2.24) is 5.32 Å². The van der Waals surface area contributed by atoms with Crippen LogP contribution in [0.2, 0.25) is 0 Å². The first-order valence-electron chi connectivity index (χ1n) is 6.86. The monoisotopic (exact) mass is 247 g/mol. The van der Waals surface area contributed by atoms with Gasteiger partial charge in [-0.05, 0) is 37.3 Å². The van der Waals surface area contributed by atoms with Crippen LogP contribution in [-0.4, -0.2) is 12.6 Å². The Balaban J connectivity index is 1.95. The summed E-state index contributed by atoms with van der Waals surface area (Å²) in [5, 5.41) is 5.97. The summed E-state index contributed by atoms with van der Waals surface area (Å²) in [7, 11) is 0. The first kappa shape index (κ1) is 11.5. The highest BCUT2D eigenvalue weighted by atomic mass is 32.1. The number of rotatable bonds is 2. The molecule has 2 aliphatic rings. The van der Waals surface area contributed by atoms with Gasteiger partial charge in [-0.3, -0.25) is 0 Å². The predicted octanol–water partition coefficient (Wildman–Crippen LogP) is 3.87. The van der Waals surface area contributed by atoms with Crippen LogP contribution in [0.1, 0.15) is 43.4 Å². The second-order valence-electron chi connectivity index (χ2n) is 5.34. The molecular weight excluding hydrogens is 226 g/mol. The average Bonchev–Trinajstić information content (AvgIpc) is 2.95. The third-order valence-electron chi connectivity index (χ3n) is 4.36. The van der Waals surface area contributed by atoms with E-state index in [1.165, 1.54) is 38.5 Å². The Morgan fingerprint density at radius 1 is 1.24 bits per heavy atom. The van der Waals surface area contributed by atoms with Gasteiger partial charge in [0, 0.05) is 16.3 Å². The summed E-state index contributed by atoms with van der Waals surface area (Å²) in [6.07, 6.45) is 12.9. The van der Waals surface area contributed by atoms with Gasteiger partial charge in [-0.15, -0.1) is 11.3 Å². The first-order chi connectivity index (χ1) is 8.42. The lowest BCUT2D eigenvalue weighted by molar-refractivity contribution is 0.242. The van der Waals surface area contributed by atoms with Gasteiger partial charge < -0.3 is 5.32 Å². The van der Waals surface area contributed by atoms with E-state index in [4.69, 9.17) is 0 Å². The fourth-order valence-corrected chi connectivity index (χ4v) is 4.48. The fourth-order valence-electron chi connectivity index (χ4n) is 3.46. The molecule has 1 fully saturated rings. The van der Waals surface area contributed by atoms with Crippen molar-refractivity contribution in [3.05, 3.63) is 34.5 Å². The molecule has 3 rings (SSSR count). The van der Waals surface area contributed by atoms with Crippen LogP contribution in [0.25, 0.3) is 0 Å². The van der Waals surface area contributed by atoms with Gasteiger partial charge in [0.2, 0.25) is 0 Å². The Morgan fingerprint density at radius 3 is 2.76 bits per heavy atom. The van der Waals surface area contributed by atoms with Gasteiger partial charge in [-0.1, -0.05) is 37.5 Å². The molecule has 0 spiro atoms. The van der Waals surface area contributed by atoms with Crippen LogP contribution < -0.4 is 5.32 Å². The van der Waals surface area contributed by atoms with E-state index in [2.05, 4.69) is 35.0 Å². The lowest BCUT2D eigenvalue weighted by atomic mass is 9.67. The molecule has 1 aromatic rings. The van der Waals surface area contributed by atoms with Crippen LogP contribution >= 0.6 is 11.3 Å². The van der Waals surface area contributed by atoms with Crippen LogP contribution in [-0.2, 0) is 5.41 Å². The highest BCUT2D eigenvalue weighted by molar-refractivity contribution is 7.10. The van der Waals surface area contributed by atoms with Crippen molar-refractivity contribution in [2.45, 2.75) is 50.0 Å². The average molecular weight is 247 g/mol. The van der Waals surface area contributed by atoms with Crippen LogP contribution in [0.5, 0.6) is 0 Å². The van der Waals surface area contributed by atoms with Crippen molar-refractivity contribution in [2.24, 2.45) is 0 Å². The molecule has 1 saturated carbocycles. The summed E-state index contributed by atoms with van der Waals surface area (Å²) < 4.78 is 0. The molecule has 2 heterocycles. The highest BCUT2D eigenvalue weighted by Crippen LogP contribution is 2.44. The maximum atomic E-state index is 3.74. The molecule has 0 amide bonds. The molecule has 1 atom stereocenters. The van der Waals surface area contributed by atoms with Crippen molar-refractivity contribution < 1.29 is 0 Å². The Bertz CT molecular complexity index is 374. The molecule has 0 radical (unpaired) electrons. The fraction of sp³-hybridized carbons (Fsp3) is 0.600. The van der Waals surface area contributed by atoms with E-state index < -0.39 is 0 Å². The Hall–Kier alpha value is -0.600. The minimum absolute atomic E-state index is 0.392. The molecule has 1 N–H and O–H groups in total. The lowest BCUT2D eigenvalue weighted by Crippen LogP contribution is -2.49. The van der Waals surface area contributed by atoms with E-state index in [0.717, 1.165) is 6.54 Å². The van der Waals surface area contributed by atoms with Crippen LogP contribution in [0.15, 0.2) is 29.7 Å². The zero-order valence-corrected chi connectivity index (χ0v) is 11.1. The molecule has 1 aliphatic heterocycles. The molecule has 1 aromatic heterocycles. The van der Waals surface area contributed by atoms with Gasteiger partial charge >= 0.3 is 0 Å². The van der Waals surface area contributed by atoms with Crippen LogP contribution in [0, 0.1) is 0 Å². The molecule has 0 bridgehead atoms. The van der Waals surface area contributed by atoms with E-state index in [0.29, 0.717) is 11.5 Å². The Morgan fingerprint density at radius 2 is 2.12 bits per heavy atom. The van der Waals surface area contributed by atoms with Gasteiger partial charge in [0.25, 0.3) is 0 Å². The zero-order valence-electron chi connectivity index (χ0n) is 10.3. The highest BCUT2D eigenvalue weighted by Gasteiger charge is 2.41. The molecule has 1 unspecified atom stereocenters. The molecule has 2 heteroatoms. The first-order valence-corrected chi connectivity index (χ1v) is 7.74. The van der Waals surface area contributed by atoms with E-state index in [1.54, 1.807) is 4.88 Å². The van der Waals surface area contributed by atoms with Crippen LogP contribution in [0.4, 0.5) is 0 Å². The molecule has 1 aliphatic carbocycles. The predicted molar refractivity (Wildman–Crippen MR) is 74.6 cm³/mol. The number of thiophene rings is 1. The smallest absolute Gasteiger partial charge is 0.0355 e. The van der Waals surface area contributed by atoms with Crippen molar-refractivity contribution in [3.63, 3.8) is 0 Å². The molecule has 92 valence electrons. The molecule has 1 nitrogen and oxygen atoms in total. The Kier molecular flexibility index (Phi) is 3.34. The maximum absolute atomic E-state index is 3.74. The minimum atomic E-state index is 0.392. The summed E-state index contributed by atoms with van der Waals surface area (Å²) in [5.74, 6) is 0. The number of hydrogen-bond donors (Lipinski definition) is 1. The molecular formula is C15H21NS. The zero-order chi connectivity index (χ0) is 11.6. The van der Waals surface area contributed by atoms with Gasteiger partial charge in [0.15, 0.2) is 0 Å². The largest absolute Gasteiger partial charge is 0.309 e. The van der Waals surface area contributed by atoms with Gasteiger partial charge in [0.1, 0.15) is 0 Å². The molecule has 0 saturated heterocycles. The SMILES string of the molecule is C1=CC(C2(c3cccs3)CCCCC2)NCC1. The number of nitrogens with one attached hydrogen (secondary N) is 1. The Labute approximate surface area is 108 Å². The van der Waals surface area contributed by atoms with Gasteiger partial charge in [-0.25, -0.2) is 0 Å².